The number of hydrogen-bond acceptors (Lipinski definition) is 6. The zero-order valence-electron chi connectivity index (χ0n) is 16.4. The van der Waals surface area contributed by atoms with Crippen LogP contribution in [0.15, 0.2) is 30.7 Å². The van der Waals surface area contributed by atoms with Gasteiger partial charge in [-0.15, -0.1) is 0 Å². The first-order valence-electron chi connectivity index (χ1n) is 8.75. The van der Waals surface area contributed by atoms with Gasteiger partial charge in [0.1, 0.15) is 10.8 Å². The molecule has 0 atom stereocenters. The number of pyridine rings is 1. The van der Waals surface area contributed by atoms with E-state index in [-0.39, 0.29) is 6.09 Å². The maximum atomic E-state index is 12.0. The van der Waals surface area contributed by atoms with Crippen molar-refractivity contribution < 1.29 is 9.53 Å². The van der Waals surface area contributed by atoms with Crippen molar-refractivity contribution in [3.8, 4) is 11.1 Å². The number of amides is 1. The number of ether oxygens (including phenoxy) is 1. The van der Waals surface area contributed by atoms with Crippen LogP contribution in [0.2, 0.25) is 5.15 Å². The molecular formula is C19H26ClN5O2. The van der Waals surface area contributed by atoms with Gasteiger partial charge >= 0.3 is 6.09 Å². The monoisotopic (exact) mass is 391 g/mol. The zero-order chi connectivity index (χ0) is 20.0. The van der Waals surface area contributed by atoms with Crippen LogP contribution in [0.1, 0.15) is 27.2 Å². The summed E-state index contributed by atoms with van der Waals surface area (Å²) in [5, 5.41) is 0.433. The number of rotatable bonds is 6. The molecule has 0 aliphatic rings. The minimum atomic E-state index is -0.489. The van der Waals surface area contributed by atoms with Crippen LogP contribution < -0.4 is 4.90 Å². The van der Waals surface area contributed by atoms with Crippen LogP contribution in [-0.4, -0.2) is 58.7 Å². The smallest absolute Gasteiger partial charge is 0.410 e. The summed E-state index contributed by atoms with van der Waals surface area (Å²) >= 11 is 5.92. The maximum absolute atomic E-state index is 12.0. The van der Waals surface area contributed by atoms with E-state index in [1.165, 1.54) is 0 Å². The number of carbonyl (C=O) groups excluding carboxylic acids is 1. The van der Waals surface area contributed by atoms with Gasteiger partial charge in [0.25, 0.3) is 0 Å². The molecule has 1 amide bonds. The number of anilines is 1. The van der Waals surface area contributed by atoms with Gasteiger partial charge in [-0.1, -0.05) is 11.6 Å². The second-order valence-corrected chi connectivity index (χ2v) is 7.70. The van der Waals surface area contributed by atoms with Crippen LogP contribution in [0.25, 0.3) is 11.1 Å². The highest BCUT2D eigenvalue weighted by Crippen LogP contribution is 2.20. The summed E-state index contributed by atoms with van der Waals surface area (Å²) in [4.78, 5) is 28.3. The molecule has 2 aromatic heterocycles. The largest absolute Gasteiger partial charge is 0.444 e. The molecule has 0 radical (unpaired) electrons. The molecule has 0 saturated heterocycles. The van der Waals surface area contributed by atoms with Gasteiger partial charge in [0, 0.05) is 51.3 Å². The van der Waals surface area contributed by atoms with E-state index in [1.807, 2.05) is 38.8 Å². The average molecular weight is 392 g/mol. The number of nitrogens with zero attached hydrogens (tertiary/aromatic N) is 5. The molecule has 2 rings (SSSR count). The first-order chi connectivity index (χ1) is 12.7. The number of carbonyl (C=O) groups is 1. The number of hydrogen-bond donors (Lipinski definition) is 0. The summed E-state index contributed by atoms with van der Waals surface area (Å²) in [5.74, 6) is 0.624. The Labute approximate surface area is 165 Å². The standard InChI is InChI=1S/C19H26ClN5O2/c1-19(2,3)27-18(26)25(5)10-6-9-24(4)17-22-12-15(13-23-17)14-7-8-21-16(20)11-14/h7-8,11-13H,6,9-10H2,1-5H3. The van der Waals surface area contributed by atoms with E-state index in [2.05, 4.69) is 15.0 Å². The normalized spacial score (nSPS) is 11.2. The van der Waals surface area contributed by atoms with Crippen molar-refractivity contribution >= 4 is 23.6 Å². The molecule has 0 aromatic carbocycles. The summed E-state index contributed by atoms with van der Waals surface area (Å²) < 4.78 is 5.34. The highest BCUT2D eigenvalue weighted by atomic mass is 35.5. The van der Waals surface area contributed by atoms with Crippen LogP contribution >= 0.6 is 11.6 Å². The third-order valence-electron chi connectivity index (χ3n) is 3.73. The molecule has 27 heavy (non-hydrogen) atoms. The van der Waals surface area contributed by atoms with Gasteiger partial charge < -0.3 is 14.5 Å². The molecule has 0 N–H and O–H groups in total. The third-order valence-corrected chi connectivity index (χ3v) is 3.94. The summed E-state index contributed by atoms with van der Waals surface area (Å²) in [6.07, 6.45) is 5.63. The minimum absolute atomic E-state index is 0.318. The lowest BCUT2D eigenvalue weighted by Gasteiger charge is -2.25. The lowest BCUT2D eigenvalue weighted by molar-refractivity contribution is 0.0298. The van der Waals surface area contributed by atoms with E-state index < -0.39 is 5.60 Å². The molecule has 0 aliphatic heterocycles. The van der Waals surface area contributed by atoms with Gasteiger partial charge in [-0.25, -0.2) is 19.7 Å². The molecule has 0 fully saturated rings. The molecular weight excluding hydrogens is 366 g/mol. The van der Waals surface area contributed by atoms with Gasteiger partial charge in [-0.3, -0.25) is 0 Å². The Morgan fingerprint density at radius 2 is 1.78 bits per heavy atom. The molecule has 0 bridgehead atoms. The van der Waals surface area contributed by atoms with Crippen molar-refractivity contribution in [2.75, 3.05) is 32.1 Å². The quantitative estimate of drug-likeness (QED) is 0.696. The van der Waals surface area contributed by atoms with E-state index in [0.29, 0.717) is 24.2 Å². The van der Waals surface area contributed by atoms with Crippen molar-refractivity contribution in [2.45, 2.75) is 32.8 Å². The predicted molar refractivity (Wildman–Crippen MR) is 107 cm³/mol. The molecule has 2 aromatic rings. The molecule has 0 aliphatic carbocycles. The fraction of sp³-hybridized carbons (Fsp3) is 0.474. The van der Waals surface area contributed by atoms with Crippen LogP contribution in [0, 0.1) is 0 Å². The minimum Gasteiger partial charge on any atom is -0.444 e. The van der Waals surface area contributed by atoms with E-state index in [9.17, 15) is 4.79 Å². The Bertz CT molecular complexity index is 761. The van der Waals surface area contributed by atoms with Crippen molar-refractivity contribution in [3.05, 3.63) is 35.9 Å². The fourth-order valence-corrected chi connectivity index (χ4v) is 2.50. The van der Waals surface area contributed by atoms with Gasteiger partial charge in [0.05, 0.1) is 0 Å². The lowest BCUT2D eigenvalue weighted by atomic mass is 10.1. The first kappa shape index (κ1) is 20.9. The Morgan fingerprint density at radius 3 is 2.37 bits per heavy atom. The molecule has 2 heterocycles. The molecule has 146 valence electrons. The zero-order valence-corrected chi connectivity index (χ0v) is 17.2. The molecule has 8 heteroatoms. The Kier molecular flexibility index (Phi) is 6.96. The van der Waals surface area contributed by atoms with Crippen molar-refractivity contribution in [3.63, 3.8) is 0 Å². The SMILES string of the molecule is CN(CCCN(C)c1ncc(-c2ccnc(Cl)c2)cn1)C(=O)OC(C)(C)C. The van der Waals surface area contributed by atoms with Gasteiger partial charge in [0.2, 0.25) is 5.95 Å². The van der Waals surface area contributed by atoms with E-state index in [1.54, 1.807) is 36.6 Å². The van der Waals surface area contributed by atoms with Crippen molar-refractivity contribution in [1.82, 2.24) is 19.9 Å². The average Bonchev–Trinajstić information content (AvgIpc) is 2.60. The summed E-state index contributed by atoms with van der Waals surface area (Å²) in [7, 11) is 3.66. The van der Waals surface area contributed by atoms with Crippen LogP contribution in [0.5, 0.6) is 0 Å². The molecule has 0 unspecified atom stereocenters. The van der Waals surface area contributed by atoms with Gasteiger partial charge in [-0.05, 0) is 44.9 Å². The van der Waals surface area contributed by atoms with E-state index in [0.717, 1.165) is 17.5 Å². The second kappa shape index (κ2) is 8.99. The maximum Gasteiger partial charge on any atom is 0.410 e. The van der Waals surface area contributed by atoms with Gasteiger partial charge in [-0.2, -0.15) is 0 Å². The van der Waals surface area contributed by atoms with Crippen molar-refractivity contribution in [1.29, 1.82) is 0 Å². The van der Waals surface area contributed by atoms with Crippen LogP contribution in [-0.2, 0) is 4.74 Å². The van der Waals surface area contributed by atoms with Crippen LogP contribution in [0.3, 0.4) is 0 Å². The van der Waals surface area contributed by atoms with Crippen molar-refractivity contribution in [2.24, 2.45) is 0 Å². The number of halogens is 1. The summed E-state index contributed by atoms with van der Waals surface area (Å²) in [6.45, 7) is 6.87. The summed E-state index contributed by atoms with van der Waals surface area (Å²) in [6, 6.07) is 3.64. The molecule has 0 spiro atoms. The Balaban J connectivity index is 1.85. The fourth-order valence-electron chi connectivity index (χ4n) is 2.33. The topological polar surface area (TPSA) is 71.5 Å². The Morgan fingerprint density at radius 1 is 1.11 bits per heavy atom. The molecule has 0 saturated carbocycles. The highest BCUT2D eigenvalue weighted by molar-refractivity contribution is 6.29. The van der Waals surface area contributed by atoms with Gasteiger partial charge in [0.15, 0.2) is 0 Å². The number of aromatic nitrogens is 3. The van der Waals surface area contributed by atoms with E-state index in [4.69, 9.17) is 16.3 Å². The Hall–Kier alpha value is -2.41. The first-order valence-corrected chi connectivity index (χ1v) is 9.13. The van der Waals surface area contributed by atoms with Crippen LogP contribution in [0.4, 0.5) is 10.7 Å². The highest BCUT2D eigenvalue weighted by Gasteiger charge is 2.19. The summed E-state index contributed by atoms with van der Waals surface area (Å²) in [5.41, 5.74) is 1.31. The second-order valence-electron chi connectivity index (χ2n) is 7.32. The lowest BCUT2D eigenvalue weighted by Crippen LogP contribution is -2.35. The predicted octanol–water partition coefficient (Wildman–Crippen LogP) is 3.89. The van der Waals surface area contributed by atoms with E-state index >= 15 is 0 Å². The molecule has 7 nitrogen and oxygen atoms in total. The third kappa shape index (κ3) is 6.67.